The molecule has 152 valence electrons. The quantitative estimate of drug-likeness (QED) is 0.492. The summed E-state index contributed by atoms with van der Waals surface area (Å²) in [5.41, 5.74) is 2.14. The Morgan fingerprint density at radius 2 is 1.79 bits per heavy atom. The van der Waals surface area contributed by atoms with Crippen LogP contribution in [-0.4, -0.2) is 15.8 Å². The number of fused-ring (bicyclic) bond motifs is 1. The molecule has 1 aliphatic carbocycles. The Labute approximate surface area is 173 Å². The van der Waals surface area contributed by atoms with E-state index in [1.165, 1.54) is 18.4 Å². The number of phenolic OH excluding ortho intramolecular Hbond substituents is 2. The fourth-order valence-corrected chi connectivity index (χ4v) is 4.64. The summed E-state index contributed by atoms with van der Waals surface area (Å²) in [4.78, 5) is 0. The summed E-state index contributed by atoms with van der Waals surface area (Å²) in [6, 6.07) is 17.4. The molecule has 0 saturated heterocycles. The molecule has 0 aromatic heterocycles. The van der Waals surface area contributed by atoms with E-state index in [2.05, 4.69) is 38.1 Å². The number of hydrogen-bond donors (Lipinski definition) is 2. The van der Waals surface area contributed by atoms with E-state index < -0.39 is 0 Å². The van der Waals surface area contributed by atoms with Gasteiger partial charge in [0.2, 0.25) is 0 Å². The first-order chi connectivity index (χ1) is 14.0. The lowest BCUT2D eigenvalue weighted by Gasteiger charge is -2.29. The second-order valence-corrected chi connectivity index (χ2v) is 8.50. The third kappa shape index (κ3) is 4.05. The Morgan fingerprint density at radius 1 is 1.00 bits per heavy atom. The standard InChI is InChI=1S/C26H30O3/c1-3-26(13-4-5-14-26)29-23-8-6-7-19(17-23)18(2)15-21-10-9-20-16-22(27)11-12-24(20)25(21)28/h6-12,16-18,27-28H,3-5,13-15H2,1-2H3. The Balaban J connectivity index is 1.54. The minimum atomic E-state index is 0.00400. The summed E-state index contributed by atoms with van der Waals surface area (Å²) in [5, 5.41) is 22.0. The number of benzene rings is 3. The predicted molar refractivity (Wildman–Crippen MR) is 118 cm³/mol. The molecule has 3 aromatic carbocycles. The van der Waals surface area contributed by atoms with Crippen molar-refractivity contribution in [3.05, 3.63) is 65.7 Å². The first-order valence-corrected chi connectivity index (χ1v) is 10.7. The smallest absolute Gasteiger partial charge is 0.126 e. The van der Waals surface area contributed by atoms with Crippen molar-refractivity contribution in [1.29, 1.82) is 0 Å². The lowest BCUT2D eigenvalue weighted by Crippen LogP contribution is -2.31. The predicted octanol–water partition coefficient (Wildman–Crippen LogP) is 6.70. The molecule has 0 amide bonds. The van der Waals surface area contributed by atoms with E-state index in [1.54, 1.807) is 18.2 Å². The third-order valence-electron chi connectivity index (χ3n) is 6.51. The van der Waals surface area contributed by atoms with Crippen molar-refractivity contribution in [2.75, 3.05) is 0 Å². The highest BCUT2D eigenvalue weighted by Gasteiger charge is 2.34. The van der Waals surface area contributed by atoms with Gasteiger partial charge in [-0.3, -0.25) is 0 Å². The summed E-state index contributed by atoms with van der Waals surface area (Å²) in [6.45, 7) is 4.41. The van der Waals surface area contributed by atoms with Gasteiger partial charge in [0.05, 0.1) is 0 Å². The van der Waals surface area contributed by atoms with Gasteiger partial charge in [-0.25, -0.2) is 0 Å². The zero-order valence-corrected chi connectivity index (χ0v) is 17.3. The lowest BCUT2D eigenvalue weighted by atomic mass is 9.91. The van der Waals surface area contributed by atoms with Crippen LogP contribution in [0, 0.1) is 0 Å². The Morgan fingerprint density at radius 3 is 2.55 bits per heavy atom. The van der Waals surface area contributed by atoms with Crippen LogP contribution >= 0.6 is 0 Å². The van der Waals surface area contributed by atoms with Crippen molar-refractivity contribution in [3.8, 4) is 17.2 Å². The molecule has 1 saturated carbocycles. The van der Waals surface area contributed by atoms with Crippen LogP contribution in [0.2, 0.25) is 0 Å². The zero-order valence-electron chi connectivity index (χ0n) is 17.3. The number of ether oxygens (including phenoxy) is 1. The highest BCUT2D eigenvalue weighted by molar-refractivity contribution is 5.90. The second kappa shape index (κ2) is 7.98. The van der Waals surface area contributed by atoms with E-state index in [4.69, 9.17) is 4.74 Å². The summed E-state index contributed by atoms with van der Waals surface area (Å²) in [6.07, 6.45) is 6.58. The summed E-state index contributed by atoms with van der Waals surface area (Å²) < 4.78 is 6.47. The highest BCUT2D eigenvalue weighted by atomic mass is 16.5. The van der Waals surface area contributed by atoms with Crippen molar-refractivity contribution in [1.82, 2.24) is 0 Å². The number of hydrogen-bond acceptors (Lipinski definition) is 3. The molecule has 1 fully saturated rings. The molecule has 0 bridgehead atoms. The Kier molecular flexibility index (Phi) is 5.40. The molecule has 3 nitrogen and oxygen atoms in total. The normalized spacial score (nSPS) is 16.8. The Hall–Kier alpha value is -2.68. The van der Waals surface area contributed by atoms with Crippen molar-refractivity contribution >= 4 is 10.8 Å². The molecule has 0 spiro atoms. The molecule has 3 heteroatoms. The number of rotatable bonds is 6. The monoisotopic (exact) mass is 390 g/mol. The van der Waals surface area contributed by atoms with Gasteiger partial charge in [-0.1, -0.05) is 38.1 Å². The van der Waals surface area contributed by atoms with Gasteiger partial charge in [-0.2, -0.15) is 0 Å². The maximum atomic E-state index is 10.7. The average molecular weight is 391 g/mol. The average Bonchev–Trinajstić information content (AvgIpc) is 3.19. The molecule has 1 aliphatic rings. The first kappa shape index (κ1) is 19.6. The van der Waals surface area contributed by atoms with Gasteiger partial charge < -0.3 is 14.9 Å². The maximum Gasteiger partial charge on any atom is 0.126 e. The van der Waals surface area contributed by atoms with Crippen LogP contribution in [0.3, 0.4) is 0 Å². The third-order valence-corrected chi connectivity index (χ3v) is 6.51. The second-order valence-electron chi connectivity index (χ2n) is 8.50. The van der Waals surface area contributed by atoms with Crippen LogP contribution in [-0.2, 0) is 6.42 Å². The van der Waals surface area contributed by atoms with Gasteiger partial charge in [-0.05, 0) is 91.3 Å². The van der Waals surface area contributed by atoms with Crippen LogP contribution in [0.5, 0.6) is 17.2 Å². The van der Waals surface area contributed by atoms with Gasteiger partial charge in [0.25, 0.3) is 0 Å². The molecule has 4 rings (SSSR count). The van der Waals surface area contributed by atoms with E-state index in [0.29, 0.717) is 5.75 Å². The van der Waals surface area contributed by atoms with Crippen molar-refractivity contribution < 1.29 is 14.9 Å². The van der Waals surface area contributed by atoms with Crippen LogP contribution in [0.1, 0.15) is 63.0 Å². The van der Waals surface area contributed by atoms with Gasteiger partial charge in [0.1, 0.15) is 22.8 Å². The van der Waals surface area contributed by atoms with Crippen LogP contribution < -0.4 is 4.74 Å². The summed E-state index contributed by atoms with van der Waals surface area (Å²) in [7, 11) is 0. The summed E-state index contributed by atoms with van der Waals surface area (Å²) >= 11 is 0. The first-order valence-electron chi connectivity index (χ1n) is 10.7. The minimum Gasteiger partial charge on any atom is -0.508 e. The van der Waals surface area contributed by atoms with Gasteiger partial charge >= 0.3 is 0 Å². The zero-order chi connectivity index (χ0) is 20.4. The lowest BCUT2D eigenvalue weighted by molar-refractivity contribution is 0.0719. The van der Waals surface area contributed by atoms with E-state index in [0.717, 1.165) is 47.8 Å². The molecule has 3 aromatic rings. The van der Waals surface area contributed by atoms with Gasteiger partial charge in [0.15, 0.2) is 0 Å². The molecular formula is C26H30O3. The van der Waals surface area contributed by atoms with E-state index in [-0.39, 0.29) is 17.3 Å². The van der Waals surface area contributed by atoms with Crippen molar-refractivity contribution in [3.63, 3.8) is 0 Å². The van der Waals surface area contributed by atoms with Crippen molar-refractivity contribution in [2.24, 2.45) is 0 Å². The van der Waals surface area contributed by atoms with Gasteiger partial charge in [0, 0.05) is 5.39 Å². The summed E-state index contributed by atoms with van der Waals surface area (Å²) in [5.74, 6) is 1.72. The molecule has 0 heterocycles. The molecule has 1 atom stereocenters. The fourth-order valence-electron chi connectivity index (χ4n) is 4.64. The molecular weight excluding hydrogens is 360 g/mol. The number of phenols is 2. The minimum absolute atomic E-state index is 0.00400. The Bertz CT molecular complexity index is 1000. The molecule has 1 unspecified atom stereocenters. The van der Waals surface area contributed by atoms with E-state index in [1.807, 2.05) is 12.1 Å². The molecule has 0 aliphatic heterocycles. The van der Waals surface area contributed by atoms with Crippen LogP contribution in [0.4, 0.5) is 0 Å². The van der Waals surface area contributed by atoms with Gasteiger partial charge in [-0.15, -0.1) is 0 Å². The highest BCUT2D eigenvalue weighted by Crippen LogP contribution is 2.38. The van der Waals surface area contributed by atoms with Crippen molar-refractivity contribution in [2.45, 2.75) is 63.9 Å². The van der Waals surface area contributed by atoms with E-state index in [9.17, 15) is 10.2 Å². The van der Waals surface area contributed by atoms with Crippen LogP contribution in [0.25, 0.3) is 10.8 Å². The molecule has 0 radical (unpaired) electrons. The number of aromatic hydroxyl groups is 2. The molecule has 29 heavy (non-hydrogen) atoms. The largest absolute Gasteiger partial charge is 0.508 e. The molecule has 2 N–H and O–H groups in total. The maximum absolute atomic E-state index is 10.7. The van der Waals surface area contributed by atoms with E-state index >= 15 is 0 Å². The topological polar surface area (TPSA) is 49.7 Å². The van der Waals surface area contributed by atoms with Crippen LogP contribution in [0.15, 0.2) is 54.6 Å². The fraction of sp³-hybridized carbons (Fsp3) is 0.385. The SMILES string of the molecule is CCC1(Oc2cccc(C(C)Cc3ccc4cc(O)ccc4c3O)c2)CCCC1.